The number of hydrogen-bond acceptors (Lipinski definition) is 5. The number of nitrogens with two attached hydrogens (primary N) is 1. The van der Waals surface area contributed by atoms with E-state index >= 15 is 0 Å². The largest absolute Gasteiger partial charge is 0.384 e. The van der Waals surface area contributed by atoms with E-state index in [4.69, 9.17) is 5.73 Å². The molecule has 15 heavy (non-hydrogen) atoms. The summed E-state index contributed by atoms with van der Waals surface area (Å²) >= 11 is 0. The van der Waals surface area contributed by atoms with Crippen molar-refractivity contribution in [1.82, 2.24) is 15.0 Å². The predicted octanol–water partition coefficient (Wildman–Crippen LogP) is -0.718. The number of nitrogens with one attached hydrogen (secondary N) is 2. The Morgan fingerprint density at radius 3 is 2.60 bits per heavy atom. The maximum atomic E-state index is 11.5. The lowest BCUT2D eigenvalue weighted by atomic mass is 10.5. The maximum Gasteiger partial charge on any atom is 0.328 e. The molecule has 82 valence electrons. The van der Waals surface area contributed by atoms with E-state index in [-0.39, 0.29) is 10.7 Å². The first-order chi connectivity index (χ1) is 6.95. The van der Waals surface area contributed by atoms with Gasteiger partial charge in [-0.2, -0.15) is 0 Å². The Kier molecular flexibility index (Phi) is 3.10. The number of carbonyl (C=O) groups excluding carboxylic acids is 1. The summed E-state index contributed by atoms with van der Waals surface area (Å²) in [6.45, 7) is 0. The Hall–Kier alpha value is -1.83. The van der Waals surface area contributed by atoms with E-state index in [1.165, 1.54) is 19.2 Å². The number of rotatable bonds is 2. The molecule has 0 atom stereocenters. The summed E-state index contributed by atoms with van der Waals surface area (Å²) in [4.78, 5) is 14.3. The average molecular weight is 230 g/mol. The minimum Gasteiger partial charge on any atom is -0.384 e. The molecule has 0 saturated carbocycles. The van der Waals surface area contributed by atoms with Gasteiger partial charge in [-0.25, -0.2) is 22.9 Å². The predicted molar refractivity (Wildman–Crippen MR) is 53.4 cm³/mol. The van der Waals surface area contributed by atoms with Crippen LogP contribution in [0.25, 0.3) is 0 Å². The fourth-order valence-corrected chi connectivity index (χ4v) is 1.69. The van der Waals surface area contributed by atoms with Gasteiger partial charge in [-0.3, -0.25) is 0 Å². The van der Waals surface area contributed by atoms with Crippen LogP contribution in [0.3, 0.4) is 0 Å². The lowest BCUT2D eigenvalue weighted by Gasteiger charge is -2.05. The zero-order chi connectivity index (χ0) is 11.5. The summed E-state index contributed by atoms with van der Waals surface area (Å²) in [6.07, 6.45) is 1.07. The van der Waals surface area contributed by atoms with Crippen molar-refractivity contribution in [2.45, 2.75) is 4.90 Å². The van der Waals surface area contributed by atoms with Gasteiger partial charge in [0.2, 0.25) is 0 Å². The lowest BCUT2D eigenvalue weighted by molar-refractivity contribution is 0.248. The SMILES string of the molecule is CNC(=O)NS(=O)(=O)c1ccc(N)nc1. The van der Waals surface area contributed by atoms with Crippen LogP contribution < -0.4 is 15.8 Å². The highest BCUT2D eigenvalue weighted by molar-refractivity contribution is 7.90. The van der Waals surface area contributed by atoms with Crippen molar-refractivity contribution in [2.24, 2.45) is 0 Å². The topological polar surface area (TPSA) is 114 Å². The van der Waals surface area contributed by atoms with Crippen LogP contribution in [-0.4, -0.2) is 26.5 Å². The number of hydrogen-bond donors (Lipinski definition) is 3. The smallest absolute Gasteiger partial charge is 0.328 e. The number of amides is 2. The van der Waals surface area contributed by atoms with Crippen LogP contribution >= 0.6 is 0 Å². The van der Waals surface area contributed by atoms with Crippen LogP contribution in [0.1, 0.15) is 0 Å². The number of carbonyl (C=O) groups is 1. The normalized spacial score (nSPS) is 10.7. The summed E-state index contributed by atoms with van der Waals surface area (Å²) in [6, 6.07) is 1.78. The van der Waals surface area contributed by atoms with Crippen LogP contribution in [0.4, 0.5) is 10.6 Å². The second-order valence-corrected chi connectivity index (χ2v) is 4.29. The molecular formula is C7H10N4O3S. The number of sulfonamides is 1. The zero-order valence-electron chi connectivity index (χ0n) is 7.89. The molecule has 4 N–H and O–H groups in total. The van der Waals surface area contributed by atoms with Gasteiger partial charge in [0.25, 0.3) is 10.0 Å². The zero-order valence-corrected chi connectivity index (χ0v) is 8.71. The van der Waals surface area contributed by atoms with Crippen LogP contribution in [0.2, 0.25) is 0 Å². The van der Waals surface area contributed by atoms with Crippen LogP contribution in [0.15, 0.2) is 23.2 Å². The number of pyridine rings is 1. The highest BCUT2D eigenvalue weighted by Gasteiger charge is 2.16. The lowest BCUT2D eigenvalue weighted by Crippen LogP contribution is -2.37. The molecule has 2 amide bonds. The van der Waals surface area contributed by atoms with Gasteiger partial charge in [0, 0.05) is 13.2 Å². The Morgan fingerprint density at radius 2 is 2.13 bits per heavy atom. The summed E-state index contributed by atoms with van der Waals surface area (Å²) in [5.74, 6) is 0.203. The number of urea groups is 1. The molecule has 8 heteroatoms. The standard InChI is InChI=1S/C7H10N4O3S/c1-9-7(12)11-15(13,14)5-2-3-6(8)10-4-5/h2-4H,1H3,(H2,8,10)(H2,9,11,12). The van der Waals surface area contributed by atoms with Crippen molar-refractivity contribution < 1.29 is 13.2 Å². The first-order valence-corrected chi connectivity index (χ1v) is 5.40. The van der Waals surface area contributed by atoms with Gasteiger partial charge in [0.1, 0.15) is 10.7 Å². The second kappa shape index (κ2) is 4.13. The van der Waals surface area contributed by atoms with Crippen LogP contribution in [-0.2, 0) is 10.0 Å². The van der Waals surface area contributed by atoms with E-state index in [0.29, 0.717) is 0 Å². The molecule has 0 aliphatic rings. The second-order valence-electron chi connectivity index (χ2n) is 2.60. The minimum atomic E-state index is -3.87. The van der Waals surface area contributed by atoms with Gasteiger partial charge in [-0.15, -0.1) is 0 Å². The summed E-state index contributed by atoms with van der Waals surface area (Å²) < 4.78 is 24.7. The molecule has 1 aromatic heterocycles. The van der Waals surface area contributed by atoms with Crippen molar-refractivity contribution in [2.75, 3.05) is 12.8 Å². The number of nitrogen functional groups attached to an aromatic ring is 1. The first-order valence-electron chi connectivity index (χ1n) is 3.92. The fourth-order valence-electron chi connectivity index (χ4n) is 0.783. The van der Waals surface area contributed by atoms with Gasteiger partial charge < -0.3 is 11.1 Å². The van der Waals surface area contributed by atoms with Crippen molar-refractivity contribution in [3.8, 4) is 0 Å². The molecule has 0 saturated heterocycles. The van der Waals surface area contributed by atoms with Gasteiger partial charge in [0.15, 0.2) is 0 Å². The Balaban J connectivity index is 2.96. The number of anilines is 1. The number of aromatic nitrogens is 1. The molecule has 0 bridgehead atoms. The van der Waals surface area contributed by atoms with E-state index < -0.39 is 16.1 Å². The van der Waals surface area contributed by atoms with E-state index in [1.807, 2.05) is 0 Å². The minimum absolute atomic E-state index is 0.125. The fraction of sp³-hybridized carbons (Fsp3) is 0.143. The van der Waals surface area contributed by atoms with E-state index in [1.54, 1.807) is 4.72 Å². The molecule has 0 aromatic carbocycles. The van der Waals surface area contributed by atoms with Gasteiger partial charge in [-0.05, 0) is 12.1 Å². The van der Waals surface area contributed by atoms with Gasteiger partial charge in [-0.1, -0.05) is 0 Å². The van der Waals surface area contributed by atoms with E-state index in [0.717, 1.165) is 6.20 Å². The molecule has 1 aromatic rings. The number of nitrogens with zero attached hydrogens (tertiary/aromatic N) is 1. The third kappa shape index (κ3) is 2.81. The molecular weight excluding hydrogens is 220 g/mol. The van der Waals surface area contributed by atoms with Crippen molar-refractivity contribution in [1.29, 1.82) is 0 Å². The quantitative estimate of drug-likeness (QED) is 0.620. The molecule has 0 fully saturated rings. The molecule has 0 aliphatic heterocycles. The molecule has 1 rings (SSSR count). The molecule has 1 heterocycles. The Bertz CT molecular complexity index is 454. The summed E-state index contributed by atoms with van der Waals surface area (Å²) in [7, 11) is -2.56. The van der Waals surface area contributed by atoms with E-state index in [9.17, 15) is 13.2 Å². The summed E-state index contributed by atoms with van der Waals surface area (Å²) in [5, 5.41) is 2.13. The van der Waals surface area contributed by atoms with Gasteiger partial charge >= 0.3 is 6.03 Å². The first kappa shape index (κ1) is 11.2. The molecule has 0 spiro atoms. The molecule has 0 radical (unpaired) electrons. The van der Waals surface area contributed by atoms with Crippen molar-refractivity contribution in [3.63, 3.8) is 0 Å². The third-order valence-electron chi connectivity index (χ3n) is 1.52. The maximum absolute atomic E-state index is 11.5. The highest BCUT2D eigenvalue weighted by Crippen LogP contribution is 2.07. The van der Waals surface area contributed by atoms with E-state index in [2.05, 4.69) is 10.3 Å². The third-order valence-corrected chi connectivity index (χ3v) is 2.84. The molecule has 0 aliphatic carbocycles. The molecule has 0 unspecified atom stereocenters. The monoisotopic (exact) mass is 230 g/mol. The van der Waals surface area contributed by atoms with Crippen LogP contribution in [0.5, 0.6) is 0 Å². The Labute approximate surface area is 86.7 Å². The van der Waals surface area contributed by atoms with Crippen LogP contribution in [0, 0.1) is 0 Å². The van der Waals surface area contributed by atoms with Crippen molar-refractivity contribution in [3.05, 3.63) is 18.3 Å². The average Bonchev–Trinajstić information content (AvgIpc) is 2.17. The van der Waals surface area contributed by atoms with Crippen molar-refractivity contribution >= 4 is 21.9 Å². The Morgan fingerprint density at radius 1 is 1.47 bits per heavy atom. The summed E-state index contributed by atoms with van der Waals surface area (Å²) in [5.41, 5.74) is 5.29. The van der Waals surface area contributed by atoms with Gasteiger partial charge in [0.05, 0.1) is 0 Å². The molecule has 7 nitrogen and oxygen atoms in total. The highest BCUT2D eigenvalue weighted by atomic mass is 32.2.